The number of nitrogens with zero attached hydrogens (tertiary/aromatic N) is 4. The minimum Gasteiger partial charge on any atom is -0.381 e. The van der Waals surface area contributed by atoms with Crippen molar-refractivity contribution >= 4 is 35.9 Å². The van der Waals surface area contributed by atoms with E-state index in [1.807, 2.05) is 0 Å². The molecule has 1 aromatic rings. The molecule has 27 heavy (non-hydrogen) atoms. The summed E-state index contributed by atoms with van der Waals surface area (Å²) in [7, 11) is 1.72. The molecular formula is C16H24F3IN6O. The first-order chi connectivity index (χ1) is 12.4. The van der Waals surface area contributed by atoms with Crippen LogP contribution in [-0.4, -0.2) is 67.3 Å². The minimum atomic E-state index is -4.48. The number of anilines is 1. The van der Waals surface area contributed by atoms with Gasteiger partial charge in [-0.2, -0.15) is 13.2 Å². The van der Waals surface area contributed by atoms with Gasteiger partial charge >= 0.3 is 6.18 Å². The molecule has 7 nitrogen and oxygen atoms in total. The van der Waals surface area contributed by atoms with Crippen molar-refractivity contribution in [2.45, 2.75) is 19.0 Å². The highest BCUT2D eigenvalue weighted by Crippen LogP contribution is 2.38. The number of nitrogens with one attached hydrogen (secondary N) is 2. The number of aliphatic imine (C=N–C) groups is 1. The maximum absolute atomic E-state index is 12.6. The molecule has 0 aliphatic carbocycles. The average molecular weight is 500 g/mol. The Kier molecular flexibility index (Phi) is 7.48. The molecule has 1 spiro atoms. The molecule has 2 saturated heterocycles. The van der Waals surface area contributed by atoms with Gasteiger partial charge < -0.3 is 20.3 Å². The Balaban J connectivity index is 0.00000261. The van der Waals surface area contributed by atoms with E-state index in [-0.39, 0.29) is 35.3 Å². The van der Waals surface area contributed by atoms with E-state index < -0.39 is 11.9 Å². The van der Waals surface area contributed by atoms with E-state index >= 15 is 0 Å². The molecule has 2 fully saturated rings. The van der Waals surface area contributed by atoms with Crippen molar-refractivity contribution in [2.24, 2.45) is 10.4 Å². The summed E-state index contributed by atoms with van der Waals surface area (Å²) in [5.74, 6) is 0.750. The lowest BCUT2D eigenvalue weighted by Gasteiger charge is -2.25. The first-order valence-corrected chi connectivity index (χ1v) is 8.59. The molecule has 1 aromatic heterocycles. The van der Waals surface area contributed by atoms with Gasteiger partial charge in [-0.05, 0) is 18.9 Å². The van der Waals surface area contributed by atoms with Crippen molar-refractivity contribution in [2.75, 3.05) is 51.8 Å². The van der Waals surface area contributed by atoms with Crippen molar-refractivity contribution in [3.8, 4) is 0 Å². The first kappa shape index (κ1) is 21.9. The van der Waals surface area contributed by atoms with Crippen molar-refractivity contribution in [3.63, 3.8) is 0 Å². The standard InChI is InChI=1S/C16H23F3N6O.HI/c1-20-14(25-8-3-15(10-25)4-9-26-11-15)23-7-6-22-13-21-5-2-12(24-13)16(17,18)19;/h2,5H,3-4,6-11H2,1H3,(H,20,23)(H,21,22,24);1H. The van der Waals surface area contributed by atoms with Crippen LogP contribution in [0.25, 0.3) is 0 Å². The summed E-state index contributed by atoms with van der Waals surface area (Å²) in [5, 5.41) is 6.03. The minimum absolute atomic E-state index is 0. The van der Waals surface area contributed by atoms with Gasteiger partial charge in [0.2, 0.25) is 5.95 Å². The van der Waals surface area contributed by atoms with Gasteiger partial charge in [-0.1, -0.05) is 0 Å². The molecule has 0 saturated carbocycles. The van der Waals surface area contributed by atoms with Gasteiger partial charge in [0, 0.05) is 51.4 Å². The Morgan fingerprint density at radius 3 is 2.85 bits per heavy atom. The predicted molar refractivity (Wildman–Crippen MR) is 106 cm³/mol. The molecule has 3 rings (SSSR count). The third kappa shape index (κ3) is 5.56. The van der Waals surface area contributed by atoms with Crippen LogP contribution in [0, 0.1) is 5.41 Å². The Labute approximate surface area is 173 Å². The zero-order valence-corrected chi connectivity index (χ0v) is 17.4. The number of aromatic nitrogens is 2. The lowest BCUT2D eigenvalue weighted by atomic mass is 9.87. The quantitative estimate of drug-likeness (QED) is 0.286. The molecule has 0 aromatic carbocycles. The second-order valence-corrected chi connectivity index (χ2v) is 6.64. The first-order valence-electron chi connectivity index (χ1n) is 8.59. The molecule has 3 heterocycles. The van der Waals surface area contributed by atoms with Gasteiger partial charge in [-0.15, -0.1) is 24.0 Å². The van der Waals surface area contributed by atoms with Crippen LogP contribution >= 0.6 is 24.0 Å². The number of likely N-dealkylation sites (tertiary alicyclic amines) is 1. The molecule has 2 aliphatic rings. The Bertz CT molecular complexity index is 651. The lowest BCUT2D eigenvalue weighted by molar-refractivity contribution is -0.141. The van der Waals surface area contributed by atoms with Crippen LogP contribution in [0.2, 0.25) is 0 Å². The van der Waals surface area contributed by atoms with E-state index in [1.165, 1.54) is 0 Å². The molecule has 1 atom stereocenters. The van der Waals surface area contributed by atoms with Crippen LogP contribution in [0.1, 0.15) is 18.5 Å². The maximum atomic E-state index is 12.6. The number of halogens is 4. The van der Waals surface area contributed by atoms with Gasteiger partial charge in [0.15, 0.2) is 5.96 Å². The number of hydrogen-bond donors (Lipinski definition) is 2. The summed E-state index contributed by atoms with van der Waals surface area (Å²) < 4.78 is 43.5. The van der Waals surface area contributed by atoms with E-state index in [2.05, 4.69) is 30.5 Å². The fraction of sp³-hybridized carbons (Fsp3) is 0.688. The number of alkyl halides is 3. The summed E-state index contributed by atoms with van der Waals surface area (Å²) in [6.07, 6.45) is -1.22. The zero-order chi connectivity index (χ0) is 18.6. The zero-order valence-electron chi connectivity index (χ0n) is 15.1. The highest BCUT2D eigenvalue weighted by Gasteiger charge is 2.42. The van der Waals surface area contributed by atoms with Crippen LogP contribution in [-0.2, 0) is 10.9 Å². The van der Waals surface area contributed by atoms with Crippen molar-refractivity contribution in [1.29, 1.82) is 0 Å². The molecule has 0 bridgehead atoms. The largest absolute Gasteiger partial charge is 0.433 e. The molecule has 2 N–H and O–H groups in total. The van der Waals surface area contributed by atoms with E-state index in [9.17, 15) is 13.2 Å². The van der Waals surface area contributed by atoms with Gasteiger partial charge in [-0.3, -0.25) is 4.99 Å². The fourth-order valence-corrected chi connectivity index (χ4v) is 3.37. The molecule has 0 amide bonds. The summed E-state index contributed by atoms with van der Waals surface area (Å²) in [4.78, 5) is 13.8. The van der Waals surface area contributed by atoms with Crippen molar-refractivity contribution in [3.05, 3.63) is 18.0 Å². The number of ether oxygens (including phenoxy) is 1. The highest BCUT2D eigenvalue weighted by atomic mass is 127. The monoisotopic (exact) mass is 500 g/mol. The maximum Gasteiger partial charge on any atom is 0.433 e. The second kappa shape index (κ2) is 9.22. The van der Waals surface area contributed by atoms with Gasteiger partial charge in [0.25, 0.3) is 0 Å². The Morgan fingerprint density at radius 1 is 1.37 bits per heavy atom. The van der Waals surface area contributed by atoms with Crippen molar-refractivity contribution < 1.29 is 17.9 Å². The van der Waals surface area contributed by atoms with E-state index in [0.29, 0.717) is 13.1 Å². The smallest absolute Gasteiger partial charge is 0.381 e. The lowest BCUT2D eigenvalue weighted by Crippen LogP contribution is -2.43. The molecule has 2 aliphatic heterocycles. The predicted octanol–water partition coefficient (Wildman–Crippen LogP) is 2.21. The topological polar surface area (TPSA) is 74.7 Å². The molecule has 1 unspecified atom stereocenters. The van der Waals surface area contributed by atoms with Crippen molar-refractivity contribution in [1.82, 2.24) is 20.2 Å². The van der Waals surface area contributed by atoms with Crippen LogP contribution in [0.3, 0.4) is 0 Å². The molecule has 11 heteroatoms. The SMILES string of the molecule is CN=C(NCCNc1nccc(C(F)(F)F)n1)N1CCC2(CCOC2)C1.I. The normalized spacial score (nSPS) is 22.8. The second-order valence-electron chi connectivity index (χ2n) is 6.64. The van der Waals surface area contributed by atoms with Crippen LogP contribution in [0.5, 0.6) is 0 Å². The van der Waals surface area contributed by atoms with Crippen LogP contribution < -0.4 is 10.6 Å². The van der Waals surface area contributed by atoms with E-state index in [4.69, 9.17) is 4.74 Å². The van der Waals surface area contributed by atoms with E-state index in [1.54, 1.807) is 7.05 Å². The molecular weight excluding hydrogens is 476 g/mol. The summed E-state index contributed by atoms with van der Waals surface area (Å²) in [6.45, 7) is 4.33. The van der Waals surface area contributed by atoms with Gasteiger partial charge in [0.05, 0.1) is 6.61 Å². The molecule has 152 valence electrons. The summed E-state index contributed by atoms with van der Waals surface area (Å²) >= 11 is 0. The van der Waals surface area contributed by atoms with Crippen LogP contribution in [0.4, 0.5) is 19.1 Å². The third-order valence-electron chi connectivity index (χ3n) is 4.77. The Morgan fingerprint density at radius 2 is 2.19 bits per heavy atom. The summed E-state index contributed by atoms with van der Waals surface area (Å²) in [5.41, 5.74) is -0.721. The number of guanidine groups is 1. The fourth-order valence-electron chi connectivity index (χ4n) is 3.37. The highest BCUT2D eigenvalue weighted by molar-refractivity contribution is 14.0. The Hall–Kier alpha value is -1.37. The van der Waals surface area contributed by atoms with Crippen LogP contribution in [0.15, 0.2) is 17.3 Å². The third-order valence-corrected chi connectivity index (χ3v) is 4.77. The van der Waals surface area contributed by atoms with Gasteiger partial charge in [0.1, 0.15) is 5.69 Å². The number of hydrogen-bond acceptors (Lipinski definition) is 5. The average Bonchev–Trinajstić information content (AvgIpc) is 3.25. The number of rotatable bonds is 4. The van der Waals surface area contributed by atoms with Gasteiger partial charge in [-0.25, -0.2) is 9.97 Å². The van der Waals surface area contributed by atoms with E-state index in [0.717, 1.165) is 57.4 Å². The molecule has 0 radical (unpaired) electrons. The summed E-state index contributed by atoms with van der Waals surface area (Å²) in [6, 6.07) is 0.848.